The molecule has 1 aromatic heterocycles. The van der Waals surface area contributed by atoms with Crippen molar-refractivity contribution in [1.29, 1.82) is 0 Å². The first kappa shape index (κ1) is 27.2. The van der Waals surface area contributed by atoms with Gasteiger partial charge in [-0.3, -0.25) is 9.59 Å². The number of ether oxygens (including phenoxy) is 2. The lowest BCUT2D eigenvalue weighted by atomic mass is 10.2. The van der Waals surface area contributed by atoms with Crippen LogP contribution in [0.25, 0.3) is 0 Å². The topological polar surface area (TPSA) is 81.7 Å². The average molecular weight is 547 g/mol. The molecule has 8 heteroatoms. The van der Waals surface area contributed by atoms with E-state index in [9.17, 15) is 14.4 Å². The van der Waals surface area contributed by atoms with E-state index in [1.165, 1.54) is 18.4 Å². The molecule has 1 N–H and O–H groups in total. The second-order valence-electron chi connectivity index (χ2n) is 8.60. The zero-order valence-electron chi connectivity index (χ0n) is 21.2. The third kappa shape index (κ3) is 5.40. The lowest BCUT2D eigenvalue weighted by Crippen LogP contribution is -2.45. The van der Waals surface area contributed by atoms with Crippen LogP contribution >= 0.6 is 18.6 Å². The number of amides is 1. The van der Waals surface area contributed by atoms with Gasteiger partial charge in [-0.05, 0) is 54.3 Å². The first-order valence-electron chi connectivity index (χ1n) is 12.1. The Kier molecular flexibility index (Phi) is 9.06. The molecule has 0 saturated carbocycles. The highest BCUT2D eigenvalue weighted by atomic mass is 32.1. The van der Waals surface area contributed by atoms with Gasteiger partial charge in [-0.15, -0.1) is 11.3 Å². The van der Waals surface area contributed by atoms with E-state index in [1.807, 2.05) is 66.9 Å². The molecule has 4 aromatic rings. The van der Waals surface area contributed by atoms with Crippen LogP contribution in [0.15, 0.2) is 96.4 Å². The Morgan fingerprint density at radius 1 is 0.895 bits per heavy atom. The maximum atomic E-state index is 14.4. The van der Waals surface area contributed by atoms with E-state index in [4.69, 9.17) is 9.47 Å². The lowest BCUT2D eigenvalue weighted by molar-refractivity contribution is -0.129. The second kappa shape index (κ2) is 12.6. The standard InChI is InChI=1S/C30H28NO5PS/c1-22-20-38-28(30(34)35-2)27(22)31-29(33)26(18-19-36-21-32)37(23-12-6-3-7-13-23,24-14-8-4-9-15-24)25-16-10-5-11-17-25/h3-17,20-21,26H,18-19H2,1-2H3/p+1. The molecule has 0 aliphatic heterocycles. The van der Waals surface area contributed by atoms with E-state index in [2.05, 4.69) is 41.7 Å². The average Bonchev–Trinajstić information content (AvgIpc) is 3.33. The fourth-order valence-corrected chi connectivity index (χ4v) is 10.5. The highest BCUT2D eigenvalue weighted by Gasteiger charge is 2.55. The largest absolute Gasteiger partial charge is 0.468 e. The summed E-state index contributed by atoms with van der Waals surface area (Å²) in [6, 6.07) is 30.1. The molecule has 1 atom stereocenters. The van der Waals surface area contributed by atoms with Gasteiger partial charge in [-0.1, -0.05) is 54.6 Å². The van der Waals surface area contributed by atoms with Gasteiger partial charge >= 0.3 is 5.97 Å². The predicted octanol–water partition coefficient (Wildman–Crippen LogP) is 4.71. The molecule has 6 nitrogen and oxygen atoms in total. The van der Waals surface area contributed by atoms with Crippen LogP contribution in [-0.4, -0.2) is 37.7 Å². The first-order chi connectivity index (χ1) is 18.5. The van der Waals surface area contributed by atoms with E-state index < -0.39 is 18.9 Å². The van der Waals surface area contributed by atoms with Gasteiger partial charge in [-0.2, -0.15) is 0 Å². The maximum absolute atomic E-state index is 14.4. The molecule has 0 spiro atoms. The summed E-state index contributed by atoms with van der Waals surface area (Å²) in [5.41, 5.74) is 0.606. The van der Waals surface area contributed by atoms with E-state index in [0.29, 0.717) is 17.0 Å². The number of esters is 1. The summed E-state index contributed by atoms with van der Waals surface area (Å²) in [6.07, 6.45) is 0.285. The summed E-state index contributed by atoms with van der Waals surface area (Å²) in [5, 5.41) is 7.97. The summed E-state index contributed by atoms with van der Waals surface area (Å²) in [6.45, 7) is 2.32. The van der Waals surface area contributed by atoms with Crippen LogP contribution < -0.4 is 21.2 Å². The van der Waals surface area contributed by atoms with Crippen molar-refractivity contribution in [2.24, 2.45) is 0 Å². The molecule has 0 aliphatic carbocycles. The van der Waals surface area contributed by atoms with Crippen molar-refractivity contribution in [2.45, 2.75) is 19.0 Å². The fourth-order valence-electron chi connectivity index (χ4n) is 4.75. The highest BCUT2D eigenvalue weighted by molar-refractivity contribution is 7.96. The van der Waals surface area contributed by atoms with Crippen molar-refractivity contribution in [3.05, 3.63) is 107 Å². The third-order valence-electron chi connectivity index (χ3n) is 6.43. The Hall–Kier alpha value is -3.80. The molecule has 3 aromatic carbocycles. The third-order valence-corrected chi connectivity index (χ3v) is 12.3. The van der Waals surface area contributed by atoms with E-state index in [1.54, 1.807) is 0 Å². The number of carbonyl (C=O) groups is 3. The maximum Gasteiger partial charge on any atom is 0.350 e. The van der Waals surface area contributed by atoms with E-state index in [0.717, 1.165) is 21.5 Å². The summed E-state index contributed by atoms with van der Waals surface area (Å²) >= 11 is 1.23. The van der Waals surface area contributed by atoms with Crippen LogP contribution in [0, 0.1) is 6.92 Å². The molecule has 0 fully saturated rings. The number of hydrogen-bond donors (Lipinski definition) is 1. The first-order valence-corrected chi connectivity index (χ1v) is 14.9. The molecule has 1 amide bonds. The molecular formula is C30H29NO5PS+. The second-order valence-corrected chi connectivity index (χ2v) is 13.1. The quantitative estimate of drug-likeness (QED) is 0.128. The molecule has 0 bridgehead atoms. The summed E-state index contributed by atoms with van der Waals surface area (Å²) < 4.78 is 10.1. The van der Waals surface area contributed by atoms with Crippen LogP contribution in [0.4, 0.5) is 5.69 Å². The summed E-state index contributed by atoms with van der Waals surface area (Å²) in [4.78, 5) is 38.3. The van der Waals surface area contributed by atoms with Gasteiger partial charge in [0.15, 0.2) is 5.66 Å². The van der Waals surface area contributed by atoms with Crippen LogP contribution in [0.1, 0.15) is 21.7 Å². The minimum atomic E-state index is -2.66. The van der Waals surface area contributed by atoms with Crippen molar-refractivity contribution in [3.63, 3.8) is 0 Å². The zero-order chi connectivity index (χ0) is 27.0. The number of anilines is 1. The van der Waals surface area contributed by atoms with Crippen molar-refractivity contribution in [1.82, 2.24) is 0 Å². The fraction of sp³-hybridized carbons (Fsp3) is 0.167. The number of rotatable bonds is 11. The normalized spacial score (nSPS) is 11.8. The molecule has 0 saturated heterocycles. The van der Waals surface area contributed by atoms with Crippen LogP contribution in [-0.2, 0) is 19.1 Å². The number of methoxy groups -OCH3 is 1. The van der Waals surface area contributed by atoms with Crippen molar-refractivity contribution in [2.75, 3.05) is 19.0 Å². The molecule has 1 heterocycles. The Morgan fingerprint density at radius 3 is 1.84 bits per heavy atom. The number of thiophene rings is 1. The molecule has 4 rings (SSSR count). The SMILES string of the molecule is COC(=O)c1scc(C)c1NC(=O)C(CCOC=O)[P+](c1ccccc1)(c1ccccc1)c1ccccc1. The Balaban J connectivity index is 1.96. The van der Waals surface area contributed by atoms with Crippen molar-refractivity contribution in [3.8, 4) is 0 Å². The van der Waals surface area contributed by atoms with Gasteiger partial charge in [-0.25, -0.2) is 4.79 Å². The van der Waals surface area contributed by atoms with Gasteiger partial charge in [0.25, 0.3) is 12.4 Å². The number of benzene rings is 3. The summed E-state index contributed by atoms with van der Waals surface area (Å²) in [5.74, 6) is -0.759. The monoisotopic (exact) mass is 546 g/mol. The molecule has 0 radical (unpaired) electrons. The minimum absolute atomic E-state index is 0.0717. The predicted molar refractivity (Wildman–Crippen MR) is 155 cm³/mol. The van der Waals surface area contributed by atoms with Crippen LogP contribution in [0.2, 0.25) is 0 Å². The highest BCUT2D eigenvalue weighted by Crippen LogP contribution is 2.61. The Bertz CT molecular complexity index is 1280. The Labute approximate surface area is 227 Å². The molecule has 0 aliphatic rings. The lowest BCUT2D eigenvalue weighted by Gasteiger charge is -2.34. The number of carbonyl (C=O) groups excluding carboxylic acids is 3. The van der Waals surface area contributed by atoms with Gasteiger partial charge < -0.3 is 14.8 Å². The van der Waals surface area contributed by atoms with Gasteiger partial charge in [0.1, 0.15) is 28.1 Å². The van der Waals surface area contributed by atoms with Gasteiger partial charge in [0.2, 0.25) is 0 Å². The van der Waals surface area contributed by atoms with Gasteiger partial charge in [0, 0.05) is 6.42 Å². The molecule has 194 valence electrons. The van der Waals surface area contributed by atoms with Crippen molar-refractivity contribution < 1.29 is 23.9 Å². The number of aryl methyl sites for hydroxylation is 1. The zero-order valence-corrected chi connectivity index (χ0v) is 22.9. The summed E-state index contributed by atoms with van der Waals surface area (Å²) in [7, 11) is -1.34. The smallest absolute Gasteiger partial charge is 0.350 e. The minimum Gasteiger partial charge on any atom is -0.468 e. The van der Waals surface area contributed by atoms with Crippen LogP contribution in [0.3, 0.4) is 0 Å². The van der Waals surface area contributed by atoms with E-state index >= 15 is 0 Å². The number of hydrogen-bond acceptors (Lipinski definition) is 6. The Morgan fingerprint density at radius 2 is 1.39 bits per heavy atom. The van der Waals surface area contributed by atoms with Crippen LogP contribution in [0.5, 0.6) is 0 Å². The van der Waals surface area contributed by atoms with Crippen molar-refractivity contribution >= 4 is 58.5 Å². The van der Waals surface area contributed by atoms with E-state index in [-0.39, 0.29) is 18.9 Å². The molecule has 38 heavy (non-hydrogen) atoms. The molecular weight excluding hydrogens is 517 g/mol. The molecule has 1 unspecified atom stereocenters. The number of nitrogens with one attached hydrogen (secondary N) is 1. The van der Waals surface area contributed by atoms with Gasteiger partial charge in [0.05, 0.1) is 19.4 Å².